The van der Waals surface area contributed by atoms with E-state index in [0.717, 1.165) is 16.9 Å². The Morgan fingerprint density at radius 3 is 2.63 bits per heavy atom. The van der Waals surface area contributed by atoms with Crippen LogP contribution in [0.15, 0.2) is 60.4 Å². The number of benzene rings is 3. The van der Waals surface area contributed by atoms with E-state index in [-0.39, 0.29) is 11.5 Å². The quantitative estimate of drug-likeness (QED) is 0.424. The zero-order chi connectivity index (χ0) is 21.3. The second kappa shape index (κ2) is 8.42. The van der Waals surface area contributed by atoms with E-state index in [1.54, 1.807) is 37.5 Å². The molecule has 0 saturated heterocycles. The molecule has 0 fully saturated rings. The summed E-state index contributed by atoms with van der Waals surface area (Å²) in [6.45, 7) is 2.23. The van der Waals surface area contributed by atoms with Crippen LogP contribution >= 0.6 is 23.2 Å². The highest BCUT2D eigenvalue weighted by atomic mass is 35.5. The minimum atomic E-state index is -0.187. The van der Waals surface area contributed by atoms with Crippen molar-refractivity contribution in [3.05, 3.63) is 92.7 Å². The van der Waals surface area contributed by atoms with Gasteiger partial charge in [-0.1, -0.05) is 41.4 Å². The normalized spacial score (nSPS) is 13.9. The Morgan fingerprint density at radius 2 is 1.87 bits per heavy atom. The number of hydrogen-bond donors (Lipinski definition) is 0. The first kappa shape index (κ1) is 20.3. The number of carbonyl (C=O) groups is 1. The molecule has 0 aliphatic carbocycles. The maximum atomic E-state index is 12.8. The minimum absolute atomic E-state index is 0.187. The molecule has 0 saturated carbocycles. The highest BCUT2D eigenvalue weighted by Gasteiger charge is 2.30. The highest BCUT2D eigenvalue weighted by molar-refractivity contribution is 6.35. The predicted octanol–water partition coefficient (Wildman–Crippen LogP) is 6.51. The number of allylic oxidation sites excluding steroid dienone is 1. The maximum absolute atomic E-state index is 12.8. The van der Waals surface area contributed by atoms with Gasteiger partial charge in [0, 0.05) is 16.1 Å². The van der Waals surface area contributed by atoms with Crippen molar-refractivity contribution in [3.63, 3.8) is 0 Å². The third-order valence-corrected chi connectivity index (χ3v) is 5.29. The van der Waals surface area contributed by atoms with Gasteiger partial charge in [0.05, 0.1) is 12.7 Å². The molecule has 1 heterocycles. The average molecular weight is 441 g/mol. The Bertz CT molecular complexity index is 1170. The Balaban J connectivity index is 1.57. The number of Topliss-reactive ketones (excluding diaryl/α,β-unsaturated/α-hetero) is 1. The fourth-order valence-electron chi connectivity index (χ4n) is 3.25. The van der Waals surface area contributed by atoms with Crippen LogP contribution in [-0.2, 0) is 6.61 Å². The number of hydrogen-bond acceptors (Lipinski definition) is 4. The molecule has 1 aliphatic rings. The summed E-state index contributed by atoms with van der Waals surface area (Å²) in [5, 5.41) is 0.971. The number of methoxy groups -OCH3 is 1. The van der Waals surface area contributed by atoms with Crippen LogP contribution in [0.1, 0.15) is 27.0 Å². The second-order valence-electron chi connectivity index (χ2n) is 6.86. The van der Waals surface area contributed by atoms with E-state index >= 15 is 0 Å². The Labute approximate surface area is 184 Å². The Hall–Kier alpha value is -2.95. The lowest BCUT2D eigenvalue weighted by Crippen LogP contribution is -2.00. The fraction of sp³-hybridized carbons (Fsp3) is 0.125. The van der Waals surface area contributed by atoms with E-state index in [0.29, 0.717) is 39.3 Å². The zero-order valence-corrected chi connectivity index (χ0v) is 17.9. The van der Waals surface area contributed by atoms with Crippen LogP contribution < -0.4 is 14.2 Å². The Morgan fingerprint density at radius 1 is 1.03 bits per heavy atom. The van der Waals surface area contributed by atoms with Gasteiger partial charge in [-0.15, -0.1) is 0 Å². The molecule has 4 nitrogen and oxygen atoms in total. The van der Waals surface area contributed by atoms with Gasteiger partial charge in [0.25, 0.3) is 0 Å². The molecule has 3 aromatic rings. The lowest BCUT2D eigenvalue weighted by molar-refractivity contribution is 0.101. The molecular weight excluding hydrogens is 423 g/mol. The molecule has 4 rings (SSSR count). The topological polar surface area (TPSA) is 44.8 Å². The Kier molecular flexibility index (Phi) is 5.71. The molecule has 0 radical (unpaired) electrons. The summed E-state index contributed by atoms with van der Waals surface area (Å²) >= 11 is 12.2. The van der Waals surface area contributed by atoms with Gasteiger partial charge in [-0.3, -0.25) is 4.79 Å². The first-order valence-corrected chi connectivity index (χ1v) is 10.00. The second-order valence-corrected chi connectivity index (χ2v) is 7.70. The van der Waals surface area contributed by atoms with Crippen molar-refractivity contribution in [2.45, 2.75) is 13.5 Å². The van der Waals surface area contributed by atoms with Crippen molar-refractivity contribution < 1.29 is 19.0 Å². The molecule has 0 N–H and O–H groups in total. The van der Waals surface area contributed by atoms with Crippen LogP contribution in [0.3, 0.4) is 0 Å². The fourth-order valence-corrected chi connectivity index (χ4v) is 3.71. The van der Waals surface area contributed by atoms with Crippen LogP contribution in [0.2, 0.25) is 10.0 Å². The minimum Gasteiger partial charge on any atom is -0.497 e. The molecule has 0 atom stereocenters. The number of rotatable bonds is 5. The van der Waals surface area contributed by atoms with E-state index in [1.165, 1.54) is 0 Å². The number of carbonyl (C=O) groups excluding carboxylic acids is 1. The first-order chi connectivity index (χ1) is 14.4. The summed E-state index contributed by atoms with van der Waals surface area (Å²) in [6, 6.07) is 16.3. The molecule has 3 aromatic carbocycles. The number of fused-ring (bicyclic) bond motifs is 1. The molecule has 0 unspecified atom stereocenters. The number of halogens is 2. The molecule has 0 aromatic heterocycles. The zero-order valence-electron chi connectivity index (χ0n) is 16.4. The van der Waals surface area contributed by atoms with E-state index in [2.05, 4.69) is 0 Å². The summed E-state index contributed by atoms with van der Waals surface area (Å²) in [6.07, 6.45) is 1.62. The van der Waals surface area contributed by atoms with Gasteiger partial charge in [-0.25, -0.2) is 0 Å². The van der Waals surface area contributed by atoms with Crippen LogP contribution in [-0.4, -0.2) is 12.9 Å². The predicted molar refractivity (Wildman–Crippen MR) is 118 cm³/mol. The average Bonchev–Trinajstić information content (AvgIpc) is 3.04. The maximum Gasteiger partial charge on any atom is 0.232 e. The molecule has 0 spiro atoms. The van der Waals surface area contributed by atoms with Crippen LogP contribution in [0.4, 0.5) is 0 Å². The van der Waals surface area contributed by atoms with Gasteiger partial charge < -0.3 is 14.2 Å². The number of ether oxygens (including phenoxy) is 3. The number of aryl methyl sites for hydroxylation is 1. The molecule has 0 bridgehead atoms. The molecule has 1 aliphatic heterocycles. The van der Waals surface area contributed by atoms with Gasteiger partial charge in [0.1, 0.15) is 23.9 Å². The first-order valence-electron chi connectivity index (χ1n) is 9.24. The SMILES string of the molecule is COc1cccc(COc2cc(C)c3c(c2)O/C(=C\c2ccc(Cl)cc2Cl)C3=O)c1. The van der Waals surface area contributed by atoms with Gasteiger partial charge >= 0.3 is 0 Å². The lowest BCUT2D eigenvalue weighted by atomic mass is 10.0. The highest BCUT2D eigenvalue weighted by Crippen LogP contribution is 2.38. The van der Waals surface area contributed by atoms with Crippen molar-refractivity contribution in [2.75, 3.05) is 7.11 Å². The largest absolute Gasteiger partial charge is 0.497 e. The monoisotopic (exact) mass is 440 g/mol. The third kappa shape index (κ3) is 4.16. The van der Waals surface area contributed by atoms with Crippen LogP contribution in [0, 0.1) is 6.92 Å². The summed E-state index contributed by atoms with van der Waals surface area (Å²) in [5.74, 6) is 1.88. The van der Waals surface area contributed by atoms with Gasteiger partial charge in [0.15, 0.2) is 5.76 Å². The summed E-state index contributed by atoms with van der Waals surface area (Å²) < 4.78 is 17.0. The van der Waals surface area contributed by atoms with Gasteiger partial charge in [0.2, 0.25) is 5.78 Å². The molecular formula is C24H18Cl2O4. The van der Waals surface area contributed by atoms with Gasteiger partial charge in [-0.2, -0.15) is 0 Å². The summed E-state index contributed by atoms with van der Waals surface area (Å²) in [5.41, 5.74) is 2.94. The molecule has 30 heavy (non-hydrogen) atoms. The van der Waals surface area contributed by atoms with Crippen LogP contribution in [0.25, 0.3) is 6.08 Å². The molecule has 0 amide bonds. The van der Waals surface area contributed by atoms with E-state index in [4.69, 9.17) is 37.4 Å². The molecule has 152 valence electrons. The van der Waals surface area contributed by atoms with Gasteiger partial charge in [-0.05, 0) is 60.0 Å². The van der Waals surface area contributed by atoms with E-state index in [9.17, 15) is 4.79 Å². The summed E-state index contributed by atoms with van der Waals surface area (Å²) in [7, 11) is 1.63. The third-order valence-electron chi connectivity index (χ3n) is 4.73. The van der Waals surface area contributed by atoms with Crippen molar-refractivity contribution in [1.82, 2.24) is 0 Å². The van der Waals surface area contributed by atoms with Crippen molar-refractivity contribution >= 4 is 35.1 Å². The molecule has 6 heteroatoms. The van der Waals surface area contributed by atoms with Crippen LogP contribution in [0.5, 0.6) is 17.2 Å². The lowest BCUT2D eigenvalue weighted by Gasteiger charge is -2.10. The van der Waals surface area contributed by atoms with E-state index < -0.39 is 0 Å². The van der Waals surface area contributed by atoms with Crippen molar-refractivity contribution in [2.24, 2.45) is 0 Å². The summed E-state index contributed by atoms with van der Waals surface area (Å²) in [4.78, 5) is 12.8. The smallest absolute Gasteiger partial charge is 0.232 e. The van der Waals surface area contributed by atoms with E-state index in [1.807, 2.05) is 37.3 Å². The standard InChI is InChI=1S/C24H18Cl2O4/c1-14-8-19(29-13-15-4-3-5-18(9-15)28-2)12-21-23(14)24(27)22(30-21)10-16-6-7-17(25)11-20(16)26/h3-12H,13H2,1-2H3/b22-10-. The number of ketones is 1. The van der Waals surface area contributed by atoms with Crippen molar-refractivity contribution in [1.29, 1.82) is 0 Å². The van der Waals surface area contributed by atoms with Crippen molar-refractivity contribution in [3.8, 4) is 17.2 Å².